The van der Waals surface area contributed by atoms with Gasteiger partial charge in [-0.3, -0.25) is 0 Å². The maximum Gasteiger partial charge on any atom is 0.338 e. The second-order valence-corrected chi connectivity index (χ2v) is 12.4. The molecule has 7 nitrogen and oxygen atoms in total. The van der Waals surface area contributed by atoms with Gasteiger partial charge in [-0.15, -0.1) is 0 Å². The number of aliphatic hydroxyl groups is 2. The standard InChI is InChI=1S/C18H18O3.2C11H14O2/c19-18(15-9-5-2-6-10-15)21-17-11-16(12-17)20-13-14-7-3-1-4-8-14;2*12-10-6-11(7-10)13-8-9-4-2-1-3-5-9/h1-10,16-17H,11-13H2;2*1-5,10-12H,6-8H2. The van der Waals surface area contributed by atoms with E-state index in [1.165, 1.54) is 16.7 Å². The van der Waals surface area contributed by atoms with E-state index in [0.717, 1.165) is 38.5 Å². The molecular weight excluding hydrogens is 592 g/mol. The second kappa shape index (κ2) is 18.5. The Kier molecular flexibility index (Phi) is 13.6. The molecule has 0 radical (unpaired) electrons. The SMILES string of the molecule is O=C(OC1CC(OCc2ccccc2)C1)c1ccccc1.OC1CC(OCc2ccccc2)C1.OC1CC(OCc2ccccc2)C1. The highest BCUT2D eigenvalue weighted by atomic mass is 16.6. The minimum absolute atomic E-state index is 0.0153. The van der Waals surface area contributed by atoms with Crippen molar-refractivity contribution in [1.82, 2.24) is 0 Å². The molecule has 7 rings (SSSR count). The van der Waals surface area contributed by atoms with Crippen LogP contribution >= 0.6 is 0 Å². The molecule has 0 atom stereocenters. The van der Waals surface area contributed by atoms with E-state index in [0.29, 0.717) is 25.4 Å². The summed E-state index contributed by atoms with van der Waals surface area (Å²) in [7, 11) is 0. The molecule has 3 aliphatic rings. The molecule has 0 saturated heterocycles. The molecule has 47 heavy (non-hydrogen) atoms. The lowest BCUT2D eigenvalue weighted by Gasteiger charge is -2.34. The highest BCUT2D eigenvalue weighted by molar-refractivity contribution is 5.89. The number of carbonyl (C=O) groups is 1. The fourth-order valence-corrected chi connectivity index (χ4v) is 5.26. The monoisotopic (exact) mass is 638 g/mol. The third-order valence-corrected chi connectivity index (χ3v) is 8.46. The molecule has 0 unspecified atom stereocenters. The number of esters is 1. The summed E-state index contributed by atoms with van der Waals surface area (Å²) < 4.78 is 22.4. The van der Waals surface area contributed by atoms with Crippen molar-refractivity contribution < 1.29 is 34.0 Å². The van der Waals surface area contributed by atoms with E-state index in [9.17, 15) is 4.79 Å². The van der Waals surface area contributed by atoms with Crippen molar-refractivity contribution in [2.75, 3.05) is 0 Å². The van der Waals surface area contributed by atoms with Crippen LogP contribution in [-0.4, -0.2) is 52.8 Å². The minimum Gasteiger partial charge on any atom is -0.459 e. The average Bonchev–Trinajstić information content (AvgIpc) is 3.07. The van der Waals surface area contributed by atoms with Crippen LogP contribution in [0, 0.1) is 0 Å². The van der Waals surface area contributed by atoms with Crippen molar-refractivity contribution in [3.63, 3.8) is 0 Å². The van der Waals surface area contributed by atoms with Crippen molar-refractivity contribution in [2.45, 2.75) is 95.0 Å². The quantitative estimate of drug-likeness (QED) is 0.170. The predicted octanol–water partition coefficient (Wildman–Crippen LogP) is 7.04. The van der Waals surface area contributed by atoms with Crippen LogP contribution in [0.3, 0.4) is 0 Å². The summed E-state index contributed by atoms with van der Waals surface area (Å²) in [4.78, 5) is 11.9. The molecule has 248 valence electrons. The number of carbonyl (C=O) groups excluding carboxylic acids is 1. The highest BCUT2D eigenvalue weighted by Crippen LogP contribution is 2.28. The first-order chi connectivity index (χ1) is 23.0. The summed E-state index contributed by atoms with van der Waals surface area (Å²) >= 11 is 0. The fraction of sp³-hybridized carbons (Fsp3) is 0.375. The van der Waals surface area contributed by atoms with Gasteiger partial charge in [0.2, 0.25) is 0 Å². The van der Waals surface area contributed by atoms with E-state index in [1.54, 1.807) is 12.1 Å². The van der Waals surface area contributed by atoms with Crippen molar-refractivity contribution in [2.24, 2.45) is 0 Å². The zero-order chi connectivity index (χ0) is 32.7. The Morgan fingerprint density at radius 2 is 0.787 bits per heavy atom. The van der Waals surface area contributed by atoms with E-state index >= 15 is 0 Å². The van der Waals surface area contributed by atoms with E-state index in [2.05, 4.69) is 24.3 Å². The summed E-state index contributed by atoms with van der Waals surface area (Å²) in [6.07, 6.45) is 5.24. The summed E-state index contributed by atoms with van der Waals surface area (Å²) in [6, 6.07) is 39.4. The number of aliphatic hydroxyl groups excluding tert-OH is 2. The van der Waals surface area contributed by atoms with Gasteiger partial charge in [0.15, 0.2) is 0 Å². The van der Waals surface area contributed by atoms with Gasteiger partial charge in [0.1, 0.15) is 6.10 Å². The molecule has 3 aliphatic carbocycles. The second-order valence-electron chi connectivity index (χ2n) is 12.4. The Balaban J connectivity index is 0.000000145. The van der Waals surface area contributed by atoms with Crippen molar-refractivity contribution in [3.8, 4) is 0 Å². The molecule has 4 aromatic carbocycles. The minimum atomic E-state index is -0.248. The topological polar surface area (TPSA) is 94.5 Å². The number of ether oxygens (including phenoxy) is 4. The van der Waals surface area contributed by atoms with Crippen molar-refractivity contribution in [1.29, 1.82) is 0 Å². The van der Waals surface area contributed by atoms with Gasteiger partial charge in [-0.1, -0.05) is 109 Å². The summed E-state index contributed by atoms with van der Waals surface area (Å²) in [6.45, 7) is 1.95. The Morgan fingerprint density at radius 3 is 1.13 bits per heavy atom. The molecule has 7 heteroatoms. The highest BCUT2D eigenvalue weighted by Gasteiger charge is 2.33. The van der Waals surface area contributed by atoms with Crippen LogP contribution in [0.4, 0.5) is 0 Å². The first kappa shape index (κ1) is 34.5. The molecule has 0 spiro atoms. The Hall–Kier alpha value is -3.85. The Bertz CT molecular complexity index is 1360. The summed E-state index contributed by atoms with van der Waals surface area (Å²) in [5, 5.41) is 18.1. The number of rotatable bonds is 11. The normalized spacial score (nSPS) is 24.0. The van der Waals surface area contributed by atoms with Gasteiger partial charge in [-0.05, 0) is 54.5 Å². The van der Waals surface area contributed by atoms with E-state index < -0.39 is 0 Å². The fourth-order valence-electron chi connectivity index (χ4n) is 5.26. The van der Waals surface area contributed by atoms with Crippen molar-refractivity contribution in [3.05, 3.63) is 144 Å². The summed E-state index contributed by atoms with van der Waals surface area (Å²) in [5.41, 5.74) is 4.17. The maximum absolute atomic E-state index is 11.9. The molecule has 2 N–H and O–H groups in total. The van der Waals surface area contributed by atoms with Crippen LogP contribution < -0.4 is 0 Å². The lowest BCUT2D eigenvalue weighted by atomic mass is 9.92. The number of hydrogen-bond donors (Lipinski definition) is 2. The lowest BCUT2D eigenvalue weighted by molar-refractivity contribution is -0.0863. The molecule has 0 bridgehead atoms. The van der Waals surface area contributed by atoms with Crippen LogP contribution in [0.25, 0.3) is 0 Å². The van der Waals surface area contributed by atoms with E-state index in [1.807, 2.05) is 84.9 Å². The molecule has 0 amide bonds. The third kappa shape index (κ3) is 12.0. The largest absolute Gasteiger partial charge is 0.459 e. The first-order valence-electron chi connectivity index (χ1n) is 16.6. The Labute approximate surface area is 278 Å². The van der Waals surface area contributed by atoms with Crippen LogP contribution in [0.15, 0.2) is 121 Å². The molecular formula is C40H46O7. The van der Waals surface area contributed by atoms with E-state index in [4.69, 9.17) is 29.2 Å². The van der Waals surface area contributed by atoms with Crippen LogP contribution in [0.5, 0.6) is 0 Å². The molecule has 3 saturated carbocycles. The third-order valence-electron chi connectivity index (χ3n) is 8.46. The van der Waals surface area contributed by atoms with Gasteiger partial charge >= 0.3 is 5.97 Å². The molecule has 0 aromatic heterocycles. The van der Waals surface area contributed by atoms with Gasteiger partial charge in [-0.2, -0.15) is 0 Å². The maximum atomic E-state index is 11.9. The molecule has 0 heterocycles. The van der Waals surface area contributed by atoms with Crippen LogP contribution in [-0.2, 0) is 38.8 Å². The zero-order valence-electron chi connectivity index (χ0n) is 26.8. The molecule has 4 aromatic rings. The smallest absolute Gasteiger partial charge is 0.338 e. The lowest BCUT2D eigenvalue weighted by Crippen LogP contribution is -2.38. The number of benzene rings is 4. The average molecular weight is 639 g/mol. The number of hydrogen-bond acceptors (Lipinski definition) is 7. The van der Waals surface area contributed by atoms with Gasteiger partial charge < -0.3 is 29.2 Å². The predicted molar refractivity (Wildman–Crippen MR) is 180 cm³/mol. The van der Waals surface area contributed by atoms with E-state index in [-0.39, 0.29) is 42.6 Å². The van der Waals surface area contributed by atoms with Gasteiger partial charge in [0, 0.05) is 12.8 Å². The zero-order valence-corrected chi connectivity index (χ0v) is 26.8. The summed E-state index contributed by atoms with van der Waals surface area (Å²) in [5.74, 6) is -0.248. The van der Waals surface area contributed by atoms with Crippen LogP contribution in [0.1, 0.15) is 65.6 Å². The Morgan fingerprint density at radius 1 is 0.468 bits per heavy atom. The molecule has 3 fully saturated rings. The van der Waals surface area contributed by atoms with Crippen LogP contribution in [0.2, 0.25) is 0 Å². The first-order valence-corrected chi connectivity index (χ1v) is 16.6. The van der Waals surface area contributed by atoms with Gasteiger partial charge in [0.25, 0.3) is 0 Å². The van der Waals surface area contributed by atoms with Crippen molar-refractivity contribution >= 4 is 5.97 Å². The molecule has 0 aliphatic heterocycles. The van der Waals surface area contributed by atoms with Gasteiger partial charge in [-0.25, -0.2) is 4.79 Å². The van der Waals surface area contributed by atoms with Gasteiger partial charge in [0.05, 0.1) is 55.9 Å².